The van der Waals surface area contributed by atoms with Crippen molar-refractivity contribution in [1.29, 1.82) is 0 Å². The maximum Gasteiger partial charge on any atom is 0.251 e. The molecule has 0 atom stereocenters. The van der Waals surface area contributed by atoms with E-state index in [1.807, 2.05) is 30.0 Å². The largest absolute Gasteiger partial charge is 0.365 e. The number of hydrogen-bond donors (Lipinski definition) is 2. The molecule has 0 aliphatic heterocycles. The number of carbonyl (C=O) groups excluding carboxylic acids is 2. The molecule has 0 saturated carbocycles. The van der Waals surface area contributed by atoms with Crippen LogP contribution in [-0.2, 0) is 23.4 Å². The van der Waals surface area contributed by atoms with Crippen molar-refractivity contribution in [3.8, 4) is 0 Å². The Bertz CT molecular complexity index is 772. The molecule has 0 saturated heterocycles. The van der Waals surface area contributed by atoms with Crippen molar-refractivity contribution >= 4 is 39.9 Å². The van der Waals surface area contributed by atoms with Gasteiger partial charge < -0.3 is 11.1 Å². The zero-order chi connectivity index (χ0) is 18.4. The minimum atomic E-state index is -0.432. The third-order valence-electron chi connectivity index (χ3n) is 4.47. The summed E-state index contributed by atoms with van der Waals surface area (Å²) in [6.07, 6.45) is 5.36. The smallest absolute Gasteiger partial charge is 0.251 e. The van der Waals surface area contributed by atoms with Crippen LogP contribution in [0.1, 0.15) is 52.0 Å². The Hall–Kier alpha value is -1.79. The minimum Gasteiger partial charge on any atom is -0.365 e. The van der Waals surface area contributed by atoms with Gasteiger partial charge in [0, 0.05) is 17.1 Å². The number of thioether (sulfide) groups is 1. The van der Waals surface area contributed by atoms with Crippen LogP contribution in [0.25, 0.3) is 0 Å². The lowest BCUT2D eigenvalue weighted by atomic mass is 9.95. The number of amides is 2. The molecule has 1 aromatic heterocycles. The summed E-state index contributed by atoms with van der Waals surface area (Å²) in [6.45, 7) is 0. The SMILES string of the molecule is NC(=O)c1c(NC(=O)CCCSCc2ccccc2)sc2c1CCCC2. The molecule has 1 aromatic carbocycles. The first-order valence-corrected chi connectivity index (χ1v) is 11.0. The Kier molecular flexibility index (Phi) is 6.74. The average molecular weight is 389 g/mol. The Morgan fingerprint density at radius 3 is 2.69 bits per heavy atom. The number of nitrogens with one attached hydrogen (secondary N) is 1. The van der Waals surface area contributed by atoms with Gasteiger partial charge in [-0.05, 0) is 49.0 Å². The molecular weight excluding hydrogens is 364 g/mol. The molecule has 26 heavy (non-hydrogen) atoms. The summed E-state index contributed by atoms with van der Waals surface area (Å²) in [7, 11) is 0. The van der Waals surface area contributed by atoms with Crippen LogP contribution in [0.15, 0.2) is 30.3 Å². The number of nitrogens with two attached hydrogens (primary N) is 1. The lowest BCUT2D eigenvalue weighted by Crippen LogP contribution is -2.18. The van der Waals surface area contributed by atoms with Crippen LogP contribution in [0.5, 0.6) is 0 Å². The van der Waals surface area contributed by atoms with Crippen LogP contribution >= 0.6 is 23.1 Å². The highest BCUT2D eigenvalue weighted by atomic mass is 32.2. The van der Waals surface area contributed by atoms with E-state index in [4.69, 9.17) is 5.73 Å². The van der Waals surface area contributed by atoms with E-state index < -0.39 is 5.91 Å². The fourth-order valence-electron chi connectivity index (χ4n) is 3.20. The van der Waals surface area contributed by atoms with E-state index in [2.05, 4.69) is 17.4 Å². The van der Waals surface area contributed by atoms with Crippen LogP contribution in [0.3, 0.4) is 0 Å². The van der Waals surface area contributed by atoms with Crippen LogP contribution in [-0.4, -0.2) is 17.6 Å². The number of benzene rings is 1. The zero-order valence-electron chi connectivity index (χ0n) is 14.8. The topological polar surface area (TPSA) is 72.2 Å². The maximum absolute atomic E-state index is 12.3. The summed E-state index contributed by atoms with van der Waals surface area (Å²) in [5.41, 5.74) is 8.47. The second-order valence-electron chi connectivity index (χ2n) is 6.47. The van der Waals surface area contributed by atoms with Gasteiger partial charge in [0.15, 0.2) is 0 Å². The summed E-state index contributed by atoms with van der Waals surface area (Å²) >= 11 is 3.35. The number of fused-ring (bicyclic) bond motifs is 1. The summed E-state index contributed by atoms with van der Waals surface area (Å²) in [4.78, 5) is 25.3. The van der Waals surface area contributed by atoms with E-state index in [1.165, 1.54) is 21.8 Å². The summed E-state index contributed by atoms with van der Waals surface area (Å²) < 4.78 is 0. The lowest BCUT2D eigenvalue weighted by Gasteiger charge is -2.11. The normalized spacial score (nSPS) is 13.2. The van der Waals surface area contributed by atoms with E-state index in [0.29, 0.717) is 17.0 Å². The molecule has 138 valence electrons. The van der Waals surface area contributed by atoms with E-state index >= 15 is 0 Å². The molecule has 0 unspecified atom stereocenters. The molecule has 6 heteroatoms. The molecular formula is C20H24N2O2S2. The lowest BCUT2D eigenvalue weighted by molar-refractivity contribution is -0.116. The first kappa shape index (κ1) is 19.0. The number of carbonyl (C=O) groups is 2. The number of anilines is 1. The van der Waals surface area contributed by atoms with Crippen LogP contribution < -0.4 is 11.1 Å². The van der Waals surface area contributed by atoms with Gasteiger partial charge in [0.2, 0.25) is 5.91 Å². The van der Waals surface area contributed by atoms with Crippen molar-refractivity contribution in [3.05, 3.63) is 51.9 Å². The van der Waals surface area contributed by atoms with Crippen molar-refractivity contribution in [1.82, 2.24) is 0 Å². The number of rotatable bonds is 8. The van der Waals surface area contributed by atoms with Crippen molar-refractivity contribution in [2.24, 2.45) is 5.73 Å². The van der Waals surface area contributed by atoms with Crippen molar-refractivity contribution in [2.45, 2.75) is 44.3 Å². The van der Waals surface area contributed by atoms with Gasteiger partial charge in [0.1, 0.15) is 5.00 Å². The maximum atomic E-state index is 12.3. The first-order valence-electron chi connectivity index (χ1n) is 9.01. The third-order valence-corrected chi connectivity index (χ3v) is 6.80. The van der Waals surface area contributed by atoms with E-state index in [-0.39, 0.29) is 5.91 Å². The van der Waals surface area contributed by atoms with Gasteiger partial charge in [0.25, 0.3) is 5.91 Å². The van der Waals surface area contributed by atoms with Crippen LogP contribution in [0.2, 0.25) is 0 Å². The minimum absolute atomic E-state index is 0.0357. The summed E-state index contributed by atoms with van der Waals surface area (Å²) in [5.74, 6) is 1.43. The Morgan fingerprint density at radius 2 is 1.92 bits per heavy atom. The van der Waals surface area contributed by atoms with Gasteiger partial charge in [-0.1, -0.05) is 30.3 Å². The number of hydrogen-bond acceptors (Lipinski definition) is 4. The summed E-state index contributed by atoms with van der Waals surface area (Å²) in [5, 5.41) is 3.57. The number of aryl methyl sites for hydroxylation is 1. The molecule has 3 N–H and O–H groups in total. The van der Waals surface area contributed by atoms with Gasteiger partial charge in [-0.25, -0.2) is 0 Å². The van der Waals surface area contributed by atoms with E-state index in [0.717, 1.165) is 49.2 Å². The van der Waals surface area contributed by atoms with Gasteiger partial charge in [-0.3, -0.25) is 9.59 Å². The molecule has 0 spiro atoms. The fraction of sp³-hybridized carbons (Fsp3) is 0.400. The molecule has 0 bridgehead atoms. The highest BCUT2D eigenvalue weighted by Crippen LogP contribution is 2.37. The van der Waals surface area contributed by atoms with Gasteiger partial charge in [0.05, 0.1) is 5.56 Å². The van der Waals surface area contributed by atoms with Gasteiger partial charge in [-0.2, -0.15) is 11.8 Å². The first-order chi connectivity index (χ1) is 12.6. The van der Waals surface area contributed by atoms with Crippen molar-refractivity contribution in [3.63, 3.8) is 0 Å². The van der Waals surface area contributed by atoms with E-state index in [9.17, 15) is 9.59 Å². The predicted octanol–water partition coefficient (Wildman–Crippen LogP) is 4.38. The third kappa shape index (κ3) is 4.89. The average Bonchev–Trinajstić information content (AvgIpc) is 3.00. The molecule has 2 aromatic rings. The molecule has 0 fully saturated rings. The Balaban J connectivity index is 1.47. The highest BCUT2D eigenvalue weighted by molar-refractivity contribution is 7.98. The standard InChI is InChI=1S/C20H24N2O2S2/c21-19(24)18-15-9-4-5-10-16(15)26-20(18)22-17(23)11-6-12-25-13-14-7-2-1-3-8-14/h1-3,7-8H,4-6,9-13H2,(H2,21,24)(H,22,23). The molecule has 2 amide bonds. The van der Waals surface area contributed by atoms with Gasteiger partial charge in [-0.15, -0.1) is 11.3 Å². The zero-order valence-corrected chi connectivity index (χ0v) is 16.4. The van der Waals surface area contributed by atoms with E-state index in [1.54, 1.807) is 0 Å². The molecule has 0 radical (unpaired) electrons. The van der Waals surface area contributed by atoms with Crippen LogP contribution in [0.4, 0.5) is 5.00 Å². The number of thiophene rings is 1. The van der Waals surface area contributed by atoms with Crippen molar-refractivity contribution in [2.75, 3.05) is 11.1 Å². The predicted molar refractivity (Wildman–Crippen MR) is 110 cm³/mol. The Labute approximate surface area is 162 Å². The summed E-state index contributed by atoms with van der Waals surface area (Å²) in [6, 6.07) is 10.3. The Morgan fingerprint density at radius 1 is 1.15 bits per heavy atom. The molecule has 1 aliphatic carbocycles. The monoisotopic (exact) mass is 388 g/mol. The highest BCUT2D eigenvalue weighted by Gasteiger charge is 2.24. The molecule has 1 aliphatic rings. The fourth-order valence-corrected chi connectivity index (χ4v) is 5.43. The number of primary amides is 1. The van der Waals surface area contributed by atoms with Gasteiger partial charge >= 0.3 is 0 Å². The second-order valence-corrected chi connectivity index (χ2v) is 8.68. The molecule has 4 nitrogen and oxygen atoms in total. The molecule has 1 heterocycles. The van der Waals surface area contributed by atoms with Crippen LogP contribution in [0, 0.1) is 0 Å². The second kappa shape index (κ2) is 9.24. The molecule has 3 rings (SSSR count). The quantitative estimate of drug-likeness (QED) is 0.659. The van der Waals surface area contributed by atoms with Crippen molar-refractivity contribution < 1.29 is 9.59 Å².